The summed E-state index contributed by atoms with van der Waals surface area (Å²) in [5, 5.41) is 2.88. The van der Waals surface area contributed by atoms with Gasteiger partial charge in [0.15, 0.2) is 0 Å². The summed E-state index contributed by atoms with van der Waals surface area (Å²) < 4.78 is 0. The summed E-state index contributed by atoms with van der Waals surface area (Å²) in [5.74, 6) is 0.726. The van der Waals surface area contributed by atoms with Crippen molar-refractivity contribution in [1.82, 2.24) is 4.98 Å². The Kier molecular flexibility index (Phi) is 3.86. The molecule has 4 nitrogen and oxygen atoms in total. The van der Waals surface area contributed by atoms with E-state index in [2.05, 4.69) is 15.2 Å². The molecule has 0 unspecified atom stereocenters. The third-order valence-electron chi connectivity index (χ3n) is 3.71. The van der Waals surface area contributed by atoms with Gasteiger partial charge < -0.3 is 10.2 Å². The molecule has 1 aliphatic heterocycles. The molecule has 1 saturated heterocycles. The molecule has 0 saturated carbocycles. The Morgan fingerprint density at radius 1 is 1.10 bits per heavy atom. The normalized spacial score (nSPS) is 14.2. The first-order chi connectivity index (χ1) is 10.2. The number of carbonyl (C=O) groups is 1. The number of aromatic nitrogens is 1. The number of pyridine rings is 1. The second-order valence-electron chi connectivity index (χ2n) is 5.40. The van der Waals surface area contributed by atoms with Gasteiger partial charge in [-0.1, -0.05) is 23.8 Å². The number of amides is 1. The van der Waals surface area contributed by atoms with E-state index in [-0.39, 0.29) is 5.91 Å². The second kappa shape index (κ2) is 5.95. The molecule has 1 aromatic carbocycles. The Balaban J connectivity index is 1.74. The van der Waals surface area contributed by atoms with Crippen LogP contribution in [0.1, 0.15) is 28.9 Å². The Hall–Kier alpha value is -2.36. The van der Waals surface area contributed by atoms with Crippen LogP contribution in [-0.4, -0.2) is 24.0 Å². The number of hydrogen-bond donors (Lipinski definition) is 1. The first-order valence-electron chi connectivity index (χ1n) is 7.32. The minimum absolute atomic E-state index is 0.167. The molecule has 1 fully saturated rings. The summed E-state index contributed by atoms with van der Waals surface area (Å²) >= 11 is 0. The highest BCUT2D eigenvalue weighted by Gasteiger charge is 2.15. The van der Waals surface area contributed by atoms with Crippen molar-refractivity contribution in [2.24, 2.45) is 0 Å². The van der Waals surface area contributed by atoms with Gasteiger partial charge in [0.25, 0.3) is 5.91 Å². The fourth-order valence-electron chi connectivity index (χ4n) is 2.50. The largest absolute Gasteiger partial charge is 0.357 e. The molecule has 3 rings (SSSR count). The van der Waals surface area contributed by atoms with E-state index in [9.17, 15) is 4.79 Å². The van der Waals surface area contributed by atoms with Gasteiger partial charge in [-0.25, -0.2) is 4.98 Å². The van der Waals surface area contributed by atoms with Gasteiger partial charge in [-0.3, -0.25) is 4.79 Å². The summed E-state index contributed by atoms with van der Waals surface area (Å²) in [6.07, 6.45) is 2.39. The van der Waals surface area contributed by atoms with Crippen LogP contribution in [0.15, 0.2) is 42.5 Å². The van der Waals surface area contributed by atoms with Crippen molar-refractivity contribution in [1.29, 1.82) is 0 Å². The number of rotatable bonds is 3. The Morgan fingerprint density at radius 2 is 1.81 bits per heavy atom. The van der Waals surface area contributed by atoms with Gasteiger partial charge in [0, 0.05) is 18.8 Å². The van der Waals surface area contributed by atoms with Gasteiger partial charge in [0.05, 0.1) is 0 Å². The van der Waals surface area contributed by atoms with Crippen LogP contribution in [0.5, 0.6) is 0 Å². The zero-order chi connectivity index (χ0) is 14.7. The molecule has 1 N–H and O–H groups in total. The molecule has 4 heteroatoms. The van der Waals surface area contributed by atoms with E-state index in [1.807, 2.05) is 43.3 Å². The fourth-order valence-corrected chi connectivity index (χ4v) is 2.50. The van der Waals surface area contributed by atoms with Crippen LogP contribution in [-0.2, 0) is 0 Å². The van der Waals surface area contributed by atoms with Crippen LogP contribution in [0, 0.1) is 6.92 Å². The van der Waals surface area contributed by atoms with Gasteiger partial charge in [-0.05, 0) is 44.0 Å². The number of nitrogens with zero attached hydrogens (tertiary/aromatic N) is 2. The molecule has 21 heavy (non-hydrogen) atoms. The van der Waals surface area contributed by atoms with Gasteiger partial charge in [-0.15, -0.1) is 0 Å². The minimum Gasteiger partial charge on any atom is -0.357 e. The van der Waals surface area contributed by atoms with E-state index in [4.69, 9.17) is 0 Å². The van der Waals surface area contributed by atoms with Gasteiger partial charge in [0.2, 0.25) is 0 Å². The summed E-state index contributed by atoms with van der Waals surface area (Å²) in [7, 11) is 0. The number of carbonyl (C=O) groups excluding carboxylic acids is 1. The number of hydrogen-bond acceptors (Lipinski definition) is 3. The van der Waals surface area contributed by atoms with E-state index >= 15 is 0 Å². The van der Waals surface area contributed by atoms with E-state index in [0.717, 1.165) is 24.6 Å². The SMILES string of the molecule is Cc1ccc(NC(=O)c2cccc(N3CCCC3)n2)cc1. The zero-order valence-corrected chi connectivity index (χ0v) is 12.2. The predicted octanol–water partition coefficient (Wildman–Crippen LogP) is 3.24. The number of benzene rings is 1. The monoisotopic (exact) mass is 281 g/mol. The topological polar surface area (TPSA) is 45.2 Å². The Bertz CT molecular complexity index is 631. The van der Waals surface area contributed by atoms with Crippen LogP contribution in [0.4, 0.5) is 11.5 Å². The van der Waals surface area contributed by atoms with Crippen molar-refractivity contribution >= 4 is 17.4 Å². The Morgan fingerprint density at radius 3 is 2.52 bits per heavy atom. The minimum atomic E-state index is -0.167. The first-order valence-corrected chi connectivity index (χ1v) is 7.32. The third-order valence-corrected chi connectivity index (χ3v) is 3.71. The molecule has 1 aromatic heterocycles. The van der Waals surface area contributed by atoms with Crippen molar-refractivity contribution in [3.63, 3.8) is 0 Å². The molecule has 0 spiro atoms. The lowest BCUT2D eigenvalue weighted by molar-refractivity contribution is 0.102. The van der Waals surface area contributed by atoms with Crippen molar-refractivity contribution < 1.29 is 4.79 Å². The van der Waals surface area contributed by atoms with Crippen molar-refractivity contribution in [3.05, 3.63) is 53.7 Å². The lowest BCUT2D eigenvalue weighted by Gasteiger charge is -2.16. The van der Waals surface area contributed by atoms with Crippen LogP contribution in [0.3, 0.4) is 0 Å². The predicted molar refractivity (Wildman–Crippen MR) is 84.8 cm³/mol. The standard InChI is InChI=1S/C17H19N3O/c1-13-7-9-14(10-8-13)18-17(21)15-5-4-6-16(19-15)20-11-2-3-12-20/h4-10H,2-3,11-12H2,1H3,(H,18,21). The molecule has 1 amide bonds. The van der Waals surface area contributed by atoms with E-state index in [1.165, 1.54) is 18.4 Å². The lowest BCUT2D eigenvalue weighted by Crippen LogP contribution is -2.21. The van der Waals surface area contributed by atoms with E-state index < -0.39 is 0 Å². The molecule has 0 bridgehead atoms. The summed E-state index contributed by atoms with van der Waals surface area (Å²) in [6, 6.07) is 13.4. The van der Waals surface area contributed by atoms with Crippen LogP contribution < -0.4 is 10.2 Å². The smallest absolute Gasteiger partial charge is 0.274 e. The maximum atomic E-state index is 12.3. The van der Waals surface area contributed by atoms with E-state index in [1.54, 1.807) is 6.07 Å². The molecular formula is C17H19N3O. The van der Waals surface area contributed by atoms with Gasteiger partial charge in [0.1, 0.15) is 11.5 Å². The number of aryl methyl sites for hydroxylation is 1. The maximum Gasteiger partial charge on any atom is 0.274 e. The third kappa shape index (κ3) is 3.21. The van der Waals surface area contributed by atoms with Crippen LogP contribution in [0.2, 0.25) is 0 Å². The molecule has 0 radical (unpaired) electrons. The Labute approximate surface area is 124 Å². The highest BCUT2D eigenvalue weighted by Crippen LogP contribution is 2.18. The van der Waals surface area contributed by atoms with Gasteiger partial charge in [-0.2, -0.15) is 0 Å². The first kappa shape index (κ1) is 13.6. The summed E-state index contributed by atoms with van der Waals surface area (Å²) in [5.41, 5.74) is 2.42. The van der Waals surface area contributed by atoms with Crippen molar-refractivity contribution in [3.8, 4) is 0 Å². The zero-order valence-electron chi connectivity index (χ0n) is 12.2. The van der Waals surface area contributed by atoms with Crippen LogP contribution in [0.25, 0.3) is 0 Å². The number of nitrogens with one attached hydrogen (secondary N) is 1. The average Bonchev–Trinajstić information content (AvgIpc) is 3.04. The molecular weight excluding hydrogens is 262 g/mol. The summed E-state index contributed by atoms with van der Waals surface area (Å²) in [6.45, 7) is 4.07. The highest BCUT2D eigenvalue weighted by atomic mass is 16.1. The molecule has 108 valence electrons. The molecule has 2 aromatic rings. The van der Waals surface area contributed by atoms with E-state index in [0.29, 0.717) is 5.69 Å². The van der Waals surface area contributed by atoms with Crippen molar-refractivity contribution in [2.75, 3.05) is 23.3 Å². The molecule has 1 aliphatic rings. The maximum absolute atomic E-state index is 12.3. The average molecular weight is 281 g/mol. The highest BCUT2D eigenvalue weighted by molar-refractivity contribution is 6.03. The van der Waals surface area contributed by atoms with Crippen molar-refractivity contribution in [2.45, 2.75) is 19.8 Å². The van der Waals surface area contributed by atoms with Gasteiger partial charge >= 0.3 is 0 Å². The fraction of sp³-hybridized carbons (Fsp3) is 0.294. The lowest BCUT2D eigenvalue weighted by atomic mass is 10.2. The quantitative estimate of drug-likeness (QED) is 0.939. The number of anilines is 2. The molecule has 2 heterocycles. The van der Waals surface area contributed by atoms with Crippen LogP contribution >= 0.6 is 0 Å². The molecule has 0 atom stereocenters. The molecule has 0 aliphatic carbocycles. The summed E-state index contributed by atoms with van der Waals surface area (Å²) in [4.78, 5) is 19.0. The second-order valence-corrected chi connectivity index (χ2v) is 5.40.